The molecule has 2 N–H and O–H groups in total. The number of hydrogen-bond donors (Lipinski definition) is 1. The summed E-state index contributed by atoms with van der Waals surface area (Å²) in [7, 11) is 0. The van der Waals surface area contributed by atoms with Gasteiger partial charge in [0.15, 0.2) is 0 Å². The minimum atomic E-state index is -0.216. The van der Waals surface area contributed by atoms with Crippen molar-refractivity contribution < 1.29 is 4.79 Å². The first-order chi connectivity index (χ1) is 13.6. The van der Waals surface area contributed by atoms with E-state index < -0.39 is 0 Å². The van der Waals surface area contributed by atoms with E-state index in [1.165, 1.54) is 4.68 Å². The molecule has 4 rings (SSSR count). The van der Waals surface area contributed by atoms with Gasteiger partial charge in [0.2, 0.25) is 11.9 Å². The van der Waals surface area contributed by atoms with E-state index in [9.17, 15) is 9.59 Å². The number of fused-ring (bicyclic) bond motifs is 1. The summed E-state index contributed by atoms with van der Waals surface area (Å²) in [6, 6.07) is 1.89. The first-order valence-corrected chi connectivity index (χ1v) is 9.83. The van der Waals surface area contributed by atoms with Crippen LogP contribution in [0.15, 0.2) is 23.3 Å². The molecular formula is C18H26N8O2. The van der Waals surface area contributed by atoms with Gasteiger partial charge in [0.1, 0.15) is 12.4 Å². The molecule has 2 aliphatic heterocycles. The van der Waals surface area contributed by atoms with Crippen LogP contribution in [0.3, 0.4) is 0 Å². The van der Waals surface area contributed by atoms with E-state index in [1.807, 2.05) is 0 Å². The third-order valence-corrected chi connectivity index (χ3v) is 5.43. The summed E-state index contributed by atoms with van der Waals surface area (Å²) in [5.41, 5.74) is 5.77. The Morgan fingerprint density at radius 1 is 1.11 bits per heavy atom. The third-order valence-electron chi connectivity index (χ3n) is 5.43. The number of aromatic nitrogens is 5. The summed E-state index contributed by atoms with van der Waals surface area (Å²) in [6.07, 6.45) is 6.52. The van der Waals surface area contributed by atoms with E-state index in [2.05, 4.69) is 20.0 Å². The lowest BCUT2D eigenvalue weighted by Crippen LogP contribution is -2.39. The van der Waals surface area contributed by atoms with Gasteiger partial charge in [0, 0.05) is 57.6 Å². The largest absolute Gasteiger partial charge is 0.346 e. The highest BCUT2D eigenvalue weighted by molar-refractivity contribution is 5.76. The number of carbonyl (C=O) groups excluding carboxylic acids is 1. The second kappa shape index (κ2) is 8.09. The minimum absolute atomic E-state index is 0.0211. The first-order valence-electron chi connectivity index (χ1n) is 9.83. The van der Waals surface area contributed by atoms with Gasteiger partial charge in [-0.2, -0.15) is 5.10 Å². The van der Waals surface area contributed by atoms with E-state index in [0.717, 1.165) is 31.6 Å². The predicted octanol–water partition coefficient (Wildman–Crippen LogP) is -0.763. The molecule has 0 spiro atoms. The zero-order valence-corrected chi connectivity index (χ0v) is 15.9. The molecule has 1 atom stereocenters. The lowest BCUT2D eigenvalue weighted by Gasteiger charge is -2.21. The van der Waals surface area contributed by atoms with Crippen molar-refractivity contribution in [3.8, 4) is 0 Å². The lowest BCUT2D eigenvalue weighted by molar-refractivity contribution is -0.131. The van der Waals surface area contributed by atoms with Gasteiger partial charge in [-0.15, -0.1) is 0 Å². The maximum absolute atomic E-state index is 12.8. The van der Waals surface area contributed by atoms with Crippen molar-refractivity contribution in [3.63, 3.8) is 0 Å². The average molecular weight is 386 g/mol. The highest BCUT2D eigenvalue weighted by Gasteiger charge is 2.24. The molecular weight excluding hydrogens is 360 g/mol. The number of rotatable bonds is 3. The molecule has 1 unspecified atom stereocenters. The van der Waals surface area contributed by atoms with Crippen LogP contribution in [0.4, 0.5) is 5.95 Å². The first kappa shape index (κ1) is 18.6. The van der Waals surface area contributed by atoms with Gasteiger partial charge < -0.3 is 15.5 Å². The van der Waals surface area contributed by atoms with Crippen LogP contribution < -0.4 is 16.3 Å². The topological polar surface area (TPSA) is 115 Å². The fraction of sp³-hybridized carbons (Fsp3) is 0.611. The minimum Gasteiger partial charge on any atom is -0.339 e. The maximum atomic E-state index is 12.8. The number of nitrogens with zero attached hydrogens (tertiary/aromatic N) is 7. The van der Waals surface area contributed by atoms with Gasteiger partial charge >= 0.3 is 5.69 Å². The zero-order valence-electron chi connectivity index (χ0n) is 15.9. The van der Waals surface area contributed by atoms with Gasteiger partial charge in [-0.25, -0.2) is 19.4 Å². The summed E-state index contributed by atoms with van der Waals surface area (Å²) in [6.45, 7) is 3.24. The number of anilines is 1. The molecule has 2 aromatic heterocycles. The van der Waals surface area contributed by atoms with Gasteiger partial charge in [-0.05, 0) is 25.3 Å². The van der Waals surface area contributed by atoms with Crippen LogP contribution in [0.2, 0.25) is 0 Å². The quantitative estimate of drug-likeness (QED) is 0.737. The smallest absolute Gasteiger partial charge is 0.339 e. The highest BCUT2D eigenvalue weighted by atomic mass is 16.2. The van der Waals surface area contributed by atoms with Crippen molar-refractivity contribution in [2.75, 3.05) is 31.1 Å². The van der Waals surface area contributed by atoms with Crippen LogP contribution in [0.25, 0.3) is 0 Å². The Morgan fingerprint density at radius 3 is 2.75 bits per heavy atom. The second-order valence-corrected chi connectivity index (χ2v) is 7.37. The molecule has 10 heteroatoms. The molecule has 10 nitrogen and oxygen atoms in total. The number of aryl methyl sites for hydroxylation is 1. The molecule has 0 radical (unpaired) electrons. The number of amides is 1. The third kappa shape index (κ3) is 3.91. The highest BCUT2D eigenvalue weighted by Crippen LogP contribution is 2.12. The Bertz CT molecular complexity index is 877. The van der Waals surface area contributed by atoms with Gasteiger partial charge in [-0.3, -0.25) is 9.36 Å². The van der Waals surface area contributed by atoms with E-state index in [1.54, 1.807) is 27.9 Å². The fourth-order valence-electron chi connectivity index (χ4n) is 3.80. The Balaban J connectivity index is 1.41. The molecule has 0 aliphatic carbocycles. The van der Waals surface area contributed by atoms with Gasteiger partial charge in [0.25, 0.3) is 0 Å². The Morgan fingerprint density at radius 2 is 1.93 bits per heavy atom. The molecule has 4 heterocycles. The van der Waals surface area contributed by atoms with Crippen LogP contribution >= 0.6 is 0 Å². The molecule has 0 aromatic carbocycles. The fourth-order valence-corrected chi connectivity index (χ4v) is 3.80. The Kier molecular flexibility index (Phi) is 5.38. The van der Waals surface area contributed by atoms with E-state index in [-0.39, 0.29) is 24.2 Å². The number of nitrogens with two attached hydrogens (primary N) is 1. The lowest BCUT2D eigenvalue weighted by atomic mass is 10.1. The maximum Gasteiger partial charge on any atom is 0.346 e. The standard InChI is InChI=1S/C18H26N8O2/c19-14-3-4-15-22-26(18(28)25(15)10-5-14)13-16(27)23-8-2-9-24(12-11-23)17-20-6-1-7-21-17/h1,6-7,14H,2-5,8-13,19H2. The van der Waals surface area contributed by atoms with Crippen LogP contribution in [0.1, 0.15) is 25.1 Å². The van der Waals surface area contributed by atoms with Crippen molar-refractivity contribution >= 4 is 11.9 Å². The van der Waals surface area contributed by atoms with Crippen LogP contribution in [0.5, 0.6) is 0 Å². The summed E-state index contributed by atoms with van der Waals surface area (Å²) >= 11 is 0. The normalized spacial score (nSPS) is 20.4. The molecule has 150 valence electrons. The van der Waals surface area contributed by atoms with Crippen molar-refractivity contribution in [1.29, 1.82) is 0 Å². The predicted molar refractivity (Wildman–Crippen MR) is 103 cm³/mol. The van der Waals surface area contributed by atoms with E-state index in [4.69, 9.17) is 5.73 Å². The van der Waals surface area contributed by atoms with E-state index in [0.29, 0.717) is 38.5 Å². The molecule has 0 saturated carbocycles. The summed E-state index contributed by atoms with van der Waals surface area (Å²) < 4.78 is 2.97. The van der Waals surface area contributed by atoms with Crippen molar-refractivity contribution in [2.24, 2.45) is 5.73 Å². The SMILES string of the molecule is NC1CCc2nn(CC(=O)N3CCCN(c4ncccn4)CC3)c(=O)n2CC1. The molecule has 2 aliphatic rings. The summed E-state index contributed by atoms with van der Waals surface area (Å²) in [4.78, 5) is 37.9. The summed E-state index contributed by atoms with van der Waals surface area (Å²) in [5, 5.41) is 4.40. The molecule has 1 saturated heterocycles. The van der Waals surface area contributed by atoms with Gasteiger partial charge in [-0.1, -0.05) is 0 Å². The molecule has 1 amide bonds. The Hall–Kier alpha value is -2.75. The average Bonchev–Trinajstić information content (AvgIpc) is 2.91. The molecule has 2 aromatic rings. The Labute approximate surface area is 163 Å². The molecule has 1 fully saturated rings. The zero-order chi connectivity index (χ0) is 19.5. The van der Waals surface area contributed by atoms with Crippen LogP contribution in [0, 0.1) is 0 Å². The van der Waals surface area contributed by atoms with E-state index >= 15 is 0 Å². The van der Waals surface area contributed by atoms with Crippen LogP contribution in [-0.4, -0.2) is 67.3 Å². The van der Waals surface area contributed by atoms with Crippen molar-refractivity contribution in [3.05, 3.63) is 34.8 Å². The van der Waals surface area contributed by atoms with Gasteiger partial charge in [0.05, 0.1) is 0 Å². The van der Waals surface area contributed by atoms with Crippen molar-refractivity contribution in [2.45, 2.75) is 44.8 Å². The molecule has 0 bridgehead atoms. The second-order valence-electron chi connectivity index (χ2n) is 7.37. The van der Waals surface area contributed by atoms with Crippen molar-refractivity contribution in [1.82, 2.24) is 29.2 Å². The number of carbonyl (C=O) groups is 1. The number of hydrogen-bond acceptors (Lipinski definition) is 7. The molecule has 28 heavy (non-hydrogen) atoms. The monoisotopic (exact) mass is 386 g/mol. The summed E-state index contributed by atoms with van der Waals surface area (Å²) in [5.74, 6) is 1.33. The van der Waals surface area contributed by atoms with Crippen LogP contribution in [-0.2, 0) is 24.3 Å².